The second-order valence-electron chi connectivity index (χ2n) is 9.05. The number of morpholine rings is 1. The summed E-state index contributed by atoms with van der Waals surface area (Å²) in [7, 11) is 0. The Hall–Kier alpha value is -3.72. The van der Waals surface area contributed by atoms with Gasteiger partial charge in [0.1, 0.15) is 11.1 Å². The highest BCUT2D eigenvalue weighted by atomic mass is 19.4. The largest absolute Gasteiger partial charge is 0.420 e. The van der Waals surface area contributed by atoms with Gasteiger partial charge in [-0.15, -0.1) is 0 Å². The van der Waals surface area contributed by atoms with Crippen molar-refractivity contribution in [2.75, 3.05) is 36.9 Å². The summed E-state index contributed by atoms with van der Waals surface area (Å²) in [4.78, 5) is 31.1. The second kappa shape index (κ2) is 11.6. The van der Waals surface area contributed by atoms with Gasteiger partial charge in [0.15, 0.2) is 5.82 Å². The van der Waals surface area contributed by atoms with E-state index in [4.69, 9.17) is 10.00 Å². The monoisotopic (exact) mass is 521 g/mol. The molecule has 1 aromatic carbocycles. The van der Waals surface area contributed by atoms with Crippen LogP contribution in [0.4, 0.5) is 28.9 Å². The van der Waals surface area contributed by atoms with Gasteiger partial charge in [0.25, 0.3) is 0 Å². The van der Waals surface area contributed by atoms with Gasteiger partial charge in [-0.3, -0.25) is 14.6 Å². The van der Waals surface area contributed by atoms with Crippen LogP contribution in [-0.2, 0) is 26.9 Å². The third-order valence-electron chi connectivity index (χ3n) is 5.83. The summed E-state index contributed by atoms with van der Waals surface area (Å²) in [6.45, 7) is 5.24. The van der Waals surface area contributed by atoms with E-state index in [0.29, 0.717) is 51.3 Å². The molecule has 1 fully saturated rings. The van der Waals surface area contributed by atoms with Crippen LogP contribution in [0.1, 0.15) is 43.5 Å². The molecular formula is C25H27F4N5O3. The molecule has 3 rings (SSSR count). The van der Waals surface area contributed by atoms with Crippen molar-refractivity contribution in [1.29, 1.82) is 5.26 Å². The lowest BCUT2D eigenvalue weighted by atomic mass is 10.0. The third-order valence-corrected chi connectivity index (χ3v) is 5.83. The Bertz CT molecular complexity index is 1170. The predicted molar refractivity (Wildman–Crippen MR) is 127 cm³/mol. The zero-order valence-electron chi connectivity index (χ0n) is 20.4. The van der Waals surface area contributed by atoms with Crippen LogP contribution in [0.25, 0.3) is 0 Å². The van der Waals surface area contributed by atoms with Crippen LogP contribution < -0.4 is 10.6 Å². The number of ether oxygens (including phenoxy) is 1. The number of hydrogen-bond donors (Lipinski definition) is 2. The van der Waals surface area contributed by atoms with Gasteiger partial charge in [-0.05, 0) is 51.0 Å². The Morgan fingerprint density at radius 2 is 1.86 bits per heavy atom. The van der Waals surface area contributed by atoms with Crippen LogP contribution in [0.3, 0.4) is 0 Å². The maximum atomic E-state index is 14.5. The molecule has 2 heterocycles. The van der Waals surface area contributed by atoms with Crippen LogP contribution in [-0.4, -0.2) is 53.5 Å². The first-order chi connectivity index (χ1) is 17.4. The summed E-state index contributed by atoms with van der Waals surface area (Å²) in [6.07, 6.45) is -2.00. The van der Waals surface area contributed by atoms with Crippen molar-refractivity contribution < 1.29 is 31.9 Å². The predicted octanol–water partition coefficient (Wildman–Crippen LogP) is 4.12. The highest BCUT2D eigenvalue weighted by molar-refractivity contribution is 5.99. The van der Waals surface area contributed by atoms with Crippen LogP contribution >= 0.6 is 0 Å². The van der Waals surface area contributed by atoms with Crippen molar-refractivity contribution in [3.8, 4) is 6.07 Å². The summed E-state index contributed by atoms with van der Waals surface area (Å²) in [5.74, 6) is -2.45. The van der Waals surface area contributed by atoms with E-state index in [1.807, 2.05) is 0 Å². The zero-order valence-corrected chi connectivity index (χ0v) is 20.4. The molecule has 0 radical (unpaired) electrons. The average molecular weight is 522 g/mol. The van der Waals surface area contributed by atoms with E-state index in [0.717, 1.165) is 17.8 Å². The van der Waals surface area contributed by atoms with Crippen LogP contribution in [0.2, 0.25) is 0 Å². The maximum Gasteiger partial charge on any atom is 0.420 e. The molecule has 1 aromatic heterocycles. The standard InChI is InChI=1S/C25H27F4N5O3/c1-24(2,23(36)32-19-9-6-16(14-30)21(22(19)26)25(27,28)29)33-18-8-7-17(31-15-18)4-3-5-20(35)34-10-12-37-13-11-34/h6-9,15,33H,3-5,10-13H2,1-2H3,(H,32,36). The molecule has 2 aromatic rings. The second-order valence-corrected chi connectivity index (χ2v) is 9.05. The number of nitrogens with one attached hydrogen (secondary N) is 2. The molecule has 0 aliphatic carbocycles. The fraction of sp³-hybridized carbons (Fsp3) is 0.440. The summed E-state index contributed by atoms with van der Waals surface area (Å²) >= 11 is 0. The molecule has 1 aliphatic heterocycles. The fourth-order valence-corrected chi connectivity index (χ4v) is 3.78. The smallest absolute Gasteiger partial charge is 0.378 e. The van der Waals surface area contributed by atoms with Crippen LogP contribution in [0, 0.1) is 17.1 Å². The molecule has 1 saturated heterocycles. The minimum Gasteiger partial charge on any atom is -0.378 e. The van der Waals surface area contributed by atoms with E-state index in [2.05, 4.69) is 15.6 Å². The van der Waals surface area contributed by atoms with Crippen molar-refractivity contribution in [3.63, 3.8) is 0 Å². The molecule has 37 heavy (non-hydrogen) atoms. The number of hydrogen-bond acceptors (Lipinski definition) is 6. The van der Waals surface area contributed by atoms with Gasteiger partial charge in [0.2, 0.25) is 11.8 Å². The van der Waals surface area contributed by atoms with Crippen LogP contribution in [0.5, 0.6) is 0 Å². The van der Waals surface area contributed by atoms with Gasteiger partial charge in [0.05, 0.1) is 42.4 Å². The molecule has 12 heteroatoms. The number of benzene rings is 1. The Kier molecular flexibility index (Phi) is 8.70. The van der Waals surface area contributed by atoms with Gasteiger partial charge in [0, 0.05) is 25.2 Å². The topological polar surface area (TPSA) is 107 Å². The Morgan fingerprint density at radius 3 is 2.46 bits per heavy atom. The molecule has 198 valence electrons. The fourth-order valence-electron chi connectivity index (χ4n) is 3.78. The number of amides is 2. The van der Waals surface area contributed by atoms with Crippen molar-refractivity contribution in [2.45, 2.75) is 44.8 Å². The van der Waals surface area contributed by atoms with E-state index in [1.54, 1.807) is 17.0 Å². The quantitative estimate of drug-likeness (QED) is 0.506. The maximum absolute atomic E-state index is 14.5. The van der Waals surface area contributed by atoms with Gasteiger partial charge in [-0.1, -0.05) is 0 Å². The van der Waals surface area contributed by atoms with Crippen molar-refractivity contribution in [2.24, 2.45) is 0 Å². The first-order valence-corrected chi connectivity index (χ1v) is 11.6. The number of aromatic nitrogens is 1. The SMILES string of the molecule is CC(C)(Nc1ccc(CCCC(=O)N2CCOCC2)nc1)C(=O)Nc1ccc(C#N)c(C(F)(F)F)c1F. The Balaban J connectivity index is 1.58. The highest BCUT2D eigenvalue weighted by Crippen LogP contribution is 2.36. The van der Waals surface area contributed by atoms with E-state index in [1.165, 1.54) is 26.1 Å². The van der Waals surface area contributed by atoms with Crippen molar-refractivity contribution >= 4 is 23.2 Å². The molecule has 0 unspecified atom stereocenters. The number of aryl methyl sites for hydroxylation is 1. The number of pyridine rings is 1. The lowest BCUT2D eigenvalue weighted by molar-refractivity contribution is -0.140. The number of alkyl halides is 3. The van der Waals surface area contributed by atoms with E-state index < -0.39 is 40.3 Å². The van der Waals surface area contributed by atoms with Gasteiger partial charge < -0.3 is 20.3 Å². The molecular weight excluding hydrogens is 494 g/mol. The molecule has 8 nitrogen and oxygen atoms in total. The van der Waals surface area contributed by atoms with E-state index in [9.17, 15) is 27.2 Å². The highest BCUT2D eigenvalue weighted by Gasteiger charge is 2.39. The molecule has 1 aliphatic rings. The lowest BCUT2D eigenvalue weighted by Crippen LogP contribution is -2.44. The zero-order chi connectivity index (χ0) is 27.2. The number of halogens is 4. The summed E-state index contributed by atoms with van der Waals surface area (Å²) in [5, 5.41) is 14.0. The van der Waals surface area contributed by atoms with Crippen molar-refractivity contribution in [1.82, 2.24) is 9.88 Å². The van der Waals surface area contributed by atoms with Crippen LogP contribution in [0.15, 0.2) is 30.5 Å². The van der Waals surface area contributed by atoms with Gasteiger partial charge in [-0.25, -0.2) is 4.39 Å². The molecule has 0 spiro atoms. The first-order valence-electron chi connectivity index (χ1n) is 11.6. The van der Waals surface area contributed by atoms with E-state index >= 15 is 0 Å². The minimum atomic E-state index is -5.10. The minimum absolute atomic E-state index is 0.0791. The summed E-state index contributed by atoms with van der Waals surface area (Å²) in [5.41, 5.74) is -3.44. The number of carbonyl (C=O) groups is 2. The normalized spacial score (nSPS) is 14.1. The average Bonchev–Trinajstić information content (AvgIpc) is 2.85. The summed E-state index contributed by atoms with van der Waals surface area (Å²) < 4.78 is 59.5. The van der Waals surface area contributed by atoms with Gasteiger partial charge in [-0.2, -0.15) is 18.4 Å². The van der Waals surface area contributed by atoms with Gasteiger partial charge >= 0.3 is 6.18 Å². The third kappa shape index (κ3) is 7.16. The number of rotatable bonds is 8. The van der Waals surface area contributed by atoms with Crippen molar-refractivity contribution in [3.05, 3.63) is 53.1 Å². The van der Waals surface area contributed by atoms with E-state index in [-0.39, 0.29) is 5.91 Å². The number of nitrogens with zero attached hydrogens (tertiary/aromatic N) is 3. The summed E-state index contributed by atoms with van der Waals surface area (Å²) in [6, 6.07) is 6.45. The molecule has 0 atom stereocenters. The molecule has 0 bridgehead atoms. The number of nitriles is 1. The molecule has 2 N–H and O–H groups in total. The Labute approximate surface area is 211 Å². The molecule has 0 saturated carbocycles. The lowest BCUT2D eigenvalue weighted by Gasteiger charge is -2.27. The number of anilines is 2. The first kappa shape index (κ1) is 27.9. The number of carbonyl (C=O) groups excluding carboxylic acids is 2. The molecule has 2 amide bonds. The Morgan fingerprint density at radius 1 is 1.16 bits per heavy atom.